The summed E-state index contributed by atoms with van der Waals surface area (Å²) in [5.74, 6) is 1.01. The van der Waals surface area contributed by atoms with Gasteiger partial charge >= 0.3 is 0 Å². The molecule has 0 radical (unpaired) electrons. The molecule has 1 N–H and O–H groups in total. The van der Waals surface area contributed by atoms with Gasteiger partial charge in [0, 0.05) is 38.2 Å². The van der Waals surface area contributed by atoms with Gasteiger partial charge in [-0.1, -0.05) is 31.5 Å². The average molecular weight is 319 g/mol. The zero-order valence-corrected chi connectivity index (χ0v) is 13.5. The van der Waals surface area contributed by atoms with Crippen LogP contribution >= 0.6 is 11.6 Å². The minimum Gasteiger partial charge on any atom is -0.310 e. The third-order valence-electron chi connectivity index (χ3n) is 3.91. The van der Waals surface area contributed by atoms with E-state index in [1.54, 1.807) is 12.3 Å². The maximum absolute atomic E-state index is 12.3. The van der Waals surface area contributed by atoms with Crippen LogP contribution < -0.4 is 5.56 Å². The van der Waals surface area contributed by atoms with Crippen molar-refractivity contribution in [2.45, 2.75) is 39.3 Å². The smallest absolute Gasteiger partial charge is 0.255 e. The molecule has 0 unspecified atom stereocenters. The van der Waals surface area contributed by atoms with Gasteiger partial charge in [0.2, 0.25) is 0 Å². The normalized spacial score (nSPS) is 15.1. The molecule has 0 aliphatic carbocycles. The Morgan fingerprint density at radius 1 is 1.41 bits per heavy atom. The highest BCUT2D eigenvalue weighted by molar-refractivity contribution is 6.29. The molecule has 0 bridgehead atoms. The summed E-state index contributed by atoms with van der Waals surface area (Å²) in [6, 6.07) is 3.76. The van der Waals surface area contributed by atoms with E-state index in [4.69, 9.17) is 11.6 Å². The van der Waals surface area contributed by atoms with Gasteiger partial charge in [-0.05, 0) is 11.6 Å². The molecule has 3 rings (SSSR count). The first-order chi connectivity index (χ1) is 10.5. The summed E-state index contributed by atoms with van der Waals surface area (Å²) in [5.41, 5.74) is 2.82. The average Bonchev–Trinajstić information content (AvgIpc) is 2.50. The fraction of sp³-hybridized carbons (Fsp3) is 0.438. The van der Waals surface area contributed by atoms with Crippen molar-refractivity contribution in [2.75, 3.05) is 6.54 Å². The molecule has 2 aromatic rings. The third kappa shape index (κ3) is 3.20. The molecular formula is C16H19ClN4O. The Morgan fingerprint density at radius 2 is 2.23 bits per heavy atom. The first kappa shape index (κ1) is 15.2. The fourth-order valence-electron chi connectivity index (χ4n) is 2.67. The maximum atomic E-state index is 12.3. The van der Waals surface area contributed by atoms with Crippen molar-refractivity contribution in [3.05, 3.63) is 56.5 Å². The Bertz CT molecular complexity index is 724. The minimum atomic E-state index is -0.00682. The lowest BCUT2D eigenvalue weighted by molar-refractivity contribution is 0.241. The number of aromatic nitrogens is 3. The molecule has 0 saturated carbocycles. The van der Waals surface area contributed by atoms with Crippen LogP contribution in [0.2, 0.25) is 5.15 Å². The predicted octanol–water partition coefficient (Wildman–Crippen LogP) is 2.50. The van der Waals surface area contributed by atoms with E-state index in [1.165, 1.54) is 0 Å². The molecular weight excluding hydrogens is 300 g/mol. The summed E-state index contributed by atoms with van der Waals surface area (Å²) in [6.45, 7) is 6.35. The summed E-state index contributed by atoms with van der Waals surface area (Å²) in [6.07, 6.45) is 2.59. The SMILES string of the molecule is CC(C)c1nc2c(c(=O)[nH]1)CN(Cc1ccc(Cl)nc1)CC2. The van der Waals surface area contributed by atoms with Crippen molar-refractivity contribution in [2.24, 2.45) is 0 Å². The molecule has 0 atom stereocenters. The van der Waals surface area contributed by atoms with E-state index in [0.29, 0.717) is 11.7 Å². The lowest BCUT2D eigenvalue weighted by atomic mass is 10.1. The number of H-pyrrole nitrogens is 1. The zero-order valence-electron chi connectivity index (χ0n) is 12.8. The van der Waals surface area contributed by atoms with E-state index in [9.17, 15) is 4.79 Å². The van der Waals surface area contributed by atoms with Crippen LogP contribution in [0, 0.1) is 0 Å². The van der Waals surface area contributed by atoms with Gasteiger partial charge in [0.1, 0.15) is 11.0 Å². The van der Waals surface area contributed by atoms with Crippen molar-refractivity contribution < 1.29 is 0 Å². The van der Waals surface area contributed by atoms with Crippen LogP contribution in [0.25, 0.3) is 0 Å². The molecule has 116 valence electrons. The fourth-order valence-corrected chi connectivity index (χ4v) is 2.78. The van der Waals surface area contributed by atoms with Crippen molar-refractivity contribution in [3.8, 4) is 0 Å². The lowest BCUT2D eigenvalue weighted by Crippen LogP contribution is -2.36. The van der Waals surface area contributed by atoms with Crippen molar-refractivity contribution in [1.82, 2.24) is 19.9 Å². The van der Waals surface area contributed by atoms with E-state index < -0.39 is 0 Å². The predicted molar refractivity (Wildman–Crippen MR) is 86.0 cm³/mol. The second-order valence-corrected chi connectivity index (χ2v) is 6.37. The number of nitrogens with zero attached hydrogens (tertiary/aromatic N) is 3. The Balaban J connectivity index is 1.79. The number of pyridine rings is 1. The minimum absolute atomic E-state index is 0.00682. The van der Waals surface area contributed by atoms with E-state index in [-0.39, 0.29) is 11.5 Å². The van der Waals surface area contributed by atoms with Gasteiger partial charge in [-0.15, -0.1) is 0 Å². The van der Waals surface area contributed by atoms with Crippen LogP contribution in [0.1, 0.15) is 42.4 Å². The number of aromatic amines is 1. The molecule has 2 aromatic heterocycles. The molecule has 0 fully saturated rings. The van der Waals surface area contributed by atoms with E-state index in [2.05, 4.69) is 19.9 Å². The molecule has 1 aliphatic rings. The molecule has 0 aromatic carbocycles. The molecule has 0 amide bonds. The molecule has 1 aliphatic heterocycles. The van der Waals surface area contributed by atoms with Gasteiger partial charge in [0.25, 0.3) is 5.56 Å². The van der Waals surface area contributed by atoms with Crippen LogP contribution in [-0.2, 0) is 19.5 Å². The third-order valence-corrected chi connectivity index (χ3v) is 4.13. The van der Waals surface area contributed by atoms with Crippen molar-refractivity contribution in [3.63, 3.8) is 0 Å². The van der Waals surface area contributed by atoms with Gasteiger partial charge < -0.3 is 4.98 Å². The second kappa shape index (κ2) is 6.18. The van der Waals surface area contributed by atoms with Gasteiger partial charge in [0.15, 0.2) is 0 Å². The Hall–Kier alpha value is -1.72. The van der Waals surface area contributed by atoms with Gasteiger partial charge in [0.05, 0.1) is 11.3 Å². The van der Waals surface area contributed by atoms with E-state index in [1.807, 2.05) is 19.9 Å². The van der Waals surface area contributed by atoms with E-state index in [0.717, 1.165) is 42.2 Å². The number of hydrogen-bond donors (Lipinski definition) is 1. The number of hydrogen-bond acceptors (Lipinski definition) is 4. The standard InChI is InChI=1S/C16H19ClN4O/c1-10(2)15-19-13-5-6-21(9-12(13)16(22)20-15)8-11-3-4-14(17)18-7-11/h3-4,7,10H,5-6,8-9H2,1-2H3,(H,19,20,22). The van der Waals surface area contributed by atoms with Crippen LogP contribution in [0.5, 0.6) is 0 Å². The van der Waals surface area contributed by atoms with Crippen LogP contribution in [0.15, 0.2) is 23.1 Å². The molecule has 0 spiro atoms. The van der Waals surface area contributed by atoms with E-state index >= 15 is 0 Å². The quantitative estimate of drug-likeness (QED) is 0.883. The first-order valence-electron chi connectivity index (χ1n) is 7.47. The summed E-state index contributed by atoms with van der Waals surface area (Å²) in [7, 11) is 0. The number of fused-ring (bicyclic) bond motifs is 1. The first-order valence-corrected chi connectivity index (χ1v) is 7.85. The topological polar surface area (TPSA) is 61.9 Å². The molecule has 0 saturated heterocycles. The van der Waals surface area contributed by atoms with Crippen LogP contribution in [0.3, 0.4) is 0 Å². The highest BCUT2D eigenvalue weighted by Gasteiger charge is 2.21. The monoisotopic (exact) mass is 318 g/mol. The second-order valence-electron chi connectivity index (χ2n) is 5.98. The van der Waals surface area contributed by atoms with Crippen molar-refractivity contribution in [1.29, 1.82) is 0 Å². The highest BCUT2D eigenvalue weighted by atomic mass is 35.5. The number of halogens is 1. The number of rotatable bonds is 3. The maximum Gasteiger partial charge on any atom is 0.255 e. The largest absolute Gasteiger partial charge is 0.310 e. The Kier molecular flexibility index (Phi) is 4.27. The molecule has 6 heteroatoms. The summed E-state index contributed by atoms with van der Waals surface area (Å²) in [5, 5.41) is 0.495. The summed E-state index contributed by atoms with van der Waals surface area (Å²) < 4.78 is 0. The van der Waals surface area contributed by atoms with Gasteiger partial charge in [-0.25, -0.2) is 9.97 Å². The molecule has 3 heterocycles. The number of nitrogens with one attached hydrogen (secondary N) is 1. The Labute approximate surface area is 134 Å². The lowest BCUT2D eigenvalue weighted by Gasteiger charge is -2.27. The Morgan fingerprint density at radius 3 is 2.91 bits per heavy atom. The van der Waals surface area contributed by atoms with Gasteiger partial charge in [-0.2, -0.15) is 0 Å². The van der Waals surface area contributed by atoms with Gasteiger partial charge in [-0.3, -0.25) is 9.69 Å². The highest BCUT2D eigenvalue weighted by Crippen LogP contribution is 2.18. The zero-order chi connectivity index (χ0) is 15.7. The molecule has 5 nitrogen and oxygen atoms in total. The van der Waals surface area contributed by atoms with Crippen LogP contribution in [0.4, 0.5) is 0 Å². The van der Waals surface area contributed by atoms with Crippen LogP contribution in [-0.4, -0.2) is 26.4 Å². The molecule has 22 heavy (non-hydrogen) atoms. The summed E-state index contributed by atoms with van der Waals surface area (Å²) in [4.78, 5) is 26.1. The van der Waals surface area contributed by atoms with Crippen molar-refractivity contribution >= 4 is 11.6 Å². The summed E-state index contributed by atoms with van der Waals surface area (Å²) >= 11 is 5.80.